The Bertz CT molecular complexity index is 836. The van der Waals surface area contributed by atoms with Gasteiger partial charge in [0, 0.05) is 23.7 Å². The average Bonchev–Trinajstić information content (AvgIpc) is 3.27. The van der Waals surface area contributed by atoms with Gasteiger partial charge in [-0.05, 0) is 47.5 Å². The average molecular weight is 356 g/mol. The van der Waals surface area contributed by atoms with Crippen LogP contribution in [-0.2, 0) is 13.1 Å². The van der Waals surface area contributed by atoms with E-state index in [9.17, 15) is 14.9 Å². The lowest BCUT2D eigenvalue weighted by Crippen LogP contribution is -2.30. The first-order valence-corrected chi connectivity index (χ1v) is 8.56. The van der Waals surface area contributed by atoms with Crippen molar-refractivity contribution in [3.05, 3.63) is 86.0 Å². The maximum absolute atomic E-state index is 12.9. The zero-order valence-corrected chi connectivity index (χ0v) is 14.4. The summed E-state index contributed by atoms with van der Waals surface area (Å²) >= 11 is 1.55. The van der Waals surface area contributed by atoms with Crippen LogP contribution in [0, 0.1) is 17.0 Å². The van der Waals surface area contributed by atoms with Gasteiger partial charge in [0.15, 0.2) is 0 Å². The van der Waals surface area contributed by atoms with Crippen LogP contribution in [0.5, 0.6) is 0 Å². The molecule has 0 aliphatic rings. The van der Waals surface area contributed by atoms with Crippen molar-refractivity contribution in [3.8, 4) is 0 Å². The molecule has 128 valence electrons. The number of carbonyl (C=O) groups excluding carboxylic acids is 1. The second-order valence-corrected chi connectivity index (χ2v) is 6.41. The number of furan rings is 1. The quantitative estimate of drug-likeness (QED) is 0.484. The Morgan fingerprint density at radius 2 is 2.12 bits per heavy atom. The highest BCUT2D eigenvalue weighted by Gasteiger charge is 2.21. The topological polar surface area (TPSA) is 76.6 Å². The molecule has 25 heavy (non-hydrogen) atoms. The third-order valence-corrected chi connectivity index (χ3v) is 4.55. The Labute approximate surface area is 148 Å². The van der Waals surface area contributed by atoms with Crippen LogP contribution in [-0.4, -0.2) is 15.7 Å². The van der Waals surface area contributed by atoms with E-state index >= 15 is 0 Å². The second-order valence-electron chi connectivity index (χ2n) is 5.63. The van der Waals surface area contributed by atoms with E-state index in [1.165, 1.54) is 6.07 Å². The van der Waals surface area contributed by atoms with E-state index in [1.807, 2.05) is 16.8 Å². The lowest BCUT2D eigenvalue weighted by molar-refractivity contribution is -0.385. The maximum Gasteiger partial charge on any atom is 0.273 e. The lowest BCUT2D eigenvalue weighted by atomic mass is 10.1. The Morgan fingerprint density at radius 3 is 2.76 bits per heavy atom. The molecular weight excluding hydrogens is 340 g/mol. The summed E-state index contributed by atoms with van der Waals surface area (Å²) < 4.78 is 5.35. The number of hydrogen-bond donors (Lipinski definition) is 0. The van der Waals surface area contributed by atoms with Gasteiger partial charge in [0.25, 0.3) is 11.6 Å². The smallest absolute Gasteiger partial charge is 0.273 e. The number of nitro groups is 1. The van der Waals surface area contributed by atoms with Crippen molar-refractivity contribution < 1.29 is 14.1 Å². The molecule has 6 nitrogen and oxygen atoms in total. The minimum atomic E-state index is -0.470. The van der Waals surface area contributed by atoms with E-state index in [4.69, 9.17) is 4.42 Å². The number of aryl methyl sites for hydroxylation is 1. The fraction of sp³-hybridized carbons (Fsp3) is 0.167. The maximum atomic E-state index is 12.9. The van der Waals surface area contributed by atoms with Gasteiger partial charge in [-0.15, -0.1) is 0 Å². The molecule has 0 spiro atoms. The fourth-order valence-electron chi connectivity index (χ4n) is 2.51. The molecule has 1 amide bonds. The highest BCUT2D eigenvalue weighted by Crippen LogP contribution is 2.22. The molecule has 0 radical (unpaired) electrons. The van der Waals surface area contributed by atoms with Gasteiger partial charge in [-0.25, -0.2) is 0 Å². The molecule has 0 aliphatic heterocycles. The summed E-state index contributed by atoms with van der Waals surface area (Å²) in [6, 6.07) is 10.1. The molecule has 1 aromatic carbocycles. The molecule has 2 aromatic heterocycles. The second kappa shape index (κ2) is 7.31. The molecule has 3 rings (SSSR count). The molecule has 0 aliphatic carbocycles. The van der Waals surface area contributed by atoms with Crippen LogP contribution in [0.1, 0.15) is 27.2 Å². The van der Waals surface area contributed by atoms with Gasteiger partial charge in [-0.3, -0.25) is 14.9 Å². The minimum Gasteiger partial charge on any atom is -0.467 e. The molecule has 0 bridgehead atoms. The zero-order chi connectivity index (χ0) is 17.8. The predicted molar refractivity (Wildman–Crippen MR) is 94.4 cm³/mol. The number of nitro benzene ring substituents is 1. The van der Waals surface area contributed by atoms with Gasteiger partial charge in [-0.2, -0.15) is 11.3 Å². The van der Waals surface area contributed by atoms with Gasteiger partial charge in [0.1, 0.15) is 5.76 Å². The van der Waals surface area contributed by atoms with Crippen molar-refractivity contribution in [1.82, 2.24) is 4.90 Å². The van der Waals surface area contributed by atoms with Crippen molar-refractivity contribution >= 4 is 22.9 Å². The third-order valence-electron chi connectivity index (χ3n) is 3.82. The van der Waals surface area contributed by atoms with Crippen molar-refractivity contribution in [2.75, 3.05) is 0 Å². The molecule has 0 saturated heterocycles. The summed E-state index contributed by atoms with van der Waals surface area (Å²) in [5.41, 5.74) is 1.77. The molecule has 0 unspecified atom stereocenters. The van der Waals surface area contributed by atoms with E-state index in [0.717, 1.165) is 5.56 Å². The van der Waals surface area contributed by atoms with Gasteiger partial charge < -0.3 is 9.32 Å². The first-order chi connectivity index (χ1) is 12.0. The monoisotopic (exact) mass is 356 g/mol. The first-order valence-electron chi connectivity index (χ1n) is 7.62. The summed E-state index contributed by atoms with van der Waals surface area (Å²) in [6.45, 7) is 2.35. The molecule has 0 saturated carbocycles. The standard InChI is InChI=1S/C18H16N2O4S/c1-13-4-5-15(9-17(13)20(22)23)18(21)19(10-14-6-8-25-12-14)11-16-3-2-7-24-16/h2-9,12H,10-11H2,1H3. The van der Waals surface area contributed by atoms with Crippen LogP contribution in [0.3, 0.4) is 0 Å². The van der Waals surface area contributed by atoms with Crippen LogP contribution >= 0.6 is 11.3 Å². The number of hydrogen-bond acceptors (Lipinski definition) is 5. The van der Waals surface area contributed by atoms with E-state index in [1.54, 1.807) is 53.7 Å². The zero-order valence-electron chi connectivity index (χ0n) is 13.5. The summed E-state index contributed by atoms with van der Waals surface area (Å²) in [7, 11) is 0. The van der Waals surface area contributed by atoms with Crippen molar-refractivity contribution in [1.29, 1.82) is 0 Å². The van der Waals surface area contributed by atoms with E-state index in [0.29, 0.717) is 30.0 Å². The van der Waals surface area contributed by atoms with Gasteiger partial charge in [0.05, 0.1) is 17.7 Å². The Balaban J connectivity index is 1.90. The fourth-order valence-corrected chi connectivity index (χ4v) is 3.17. The summed E-state index contributed by atoms with van der Waals surface area (Å²) in [6.07, 6.45) is 1.55. The summed E-state index contributed by atoms with van der Waals surface area (Å²) in [5, 5.41) is 15.1. The van der Waals surface area contributed by atoms with Crippen LogP contribution in [0.2, 0.25) is 0 Å². The Hall–Kier alpha value is -2.93. The largest absolute Gasteiger partial charge is 0.467 e. The van der Waals surface area contributed by atoms with Crippen molar-refractivity contribution in [3.63, 3.8) is 0 Å². The Morgan fingerprint density at radius 1 is 1.28 bits per heavy atom. The van der Waals surface area contributed by atoms with Crippen molar-refractivity contribution in [2.45, 2.75) is 20.0 Å². The van der Waals surface area contributed by atoms with Gasteiger partial charge in [0.2, 0.25) is 0 Å². The van der Waals surface area contributed by atoms with Crippen LogP contribution in [0.15, 0.2) is 57.8 Å². The normalized spacial score (nSPS) is 10.6. The number of nitrogens with zero attached hydrogens (tertiary/aromatic N) is 2. The number of thiophene rings is 1. The first kappa shape index (κ1) is 16.9. The van der Waals surface area contributed by atoms with Crippen LogP contribution in [0.4, 0.5) is 5.69 Å². The molecule has 0 N–H and O–H groups in total. The Kier molecular flexibility index (Phi) is 4.95. The lowest BCUT2D eigenvalue weighted by Gasteiger charge is -2.21. The molecule has 3 aromatic rings. The SMILES string of the molecule is Cc1ccc(C(=O)N(Cc2ccsc2)Cc2ccco2)cc1[N+](=O)[O-]. The van der Waals surface area contributed by atoms with Crippen LogP contribution < -0.4 is 0 Å². The summed E-state index contributed by atoms with van der Waals surface area (Å²) in [4.78, 5) is 25.2. The number of benzene rings is 1. The van der Waals surface area contributed by atoms with E-state index in [2.05, 4.69) is 0 Å². The number of amides is 1. The highest BCUT2D eigenvalue weighted by molar-refractivity contribution is 7.07. The molecule has 7 heteroatoms. The number of carbonyl (C=O) groups is 1. The third kappa shape index (κ3) is 3.95. The molecule has 0 atom stereocenters. The van der Waals surface area contributed by atoms with Gasteiger partial charge >= 0.3 is 0 Å². The minimum absolute atomic E-state index is 0.0562. The van der Waals surface area contributed by atoms with Crippen molar-refractivity contribution in [2.24, 2.45) is 0 Å². The van der Waals surface area contributed by atoms with E-state index in [-0.39, 0.29) is 11.6 Å². The highest BCUT2D eigenvalue weighted by atomic mass is 32.1. The molecule has 0 fully saturated rings. The van der Waals surface area contributed by atoms with E-state index < -0.39 is 4.92 Å². The predicted octanol–water partition coefficient (Wildman–Crippen LogP) is 4.40. The molecular formula is C18H16N2O4S. The molecule has 2 heterocycles. The summed E-state index contributed by atoms with van der Waals surface area (Å²) in [5.74, 6) is 0.385. The number of rotatable bonds is 6. The van der Waals surface area contributed by atoms with Gasteiger partial charge in [-0.1, -0.05) is 6.07 Å². The van der Waals surface area contributed by atoms with Crippen LogP contribution in [0.25, 0.3) is 0 Å².